The highest BCUT2D eigenvalue weighted by Crippen LogP contribution is 2.56. The first-order valence-corrected chi connectivity index (χ1v) is 10.4. The highest BCUT2D eigenvalue weighted by molar-refractivity contribution is 6.55. The number of aliphatic hydroxyl groups excluding tert-OH is 1. The second-order valence-corrected chi connectivity index (χ2v) is 11.5. The Labute approximate surface area is 166 Å². The Morgan fingerprint density at radius 3 is 1.33 bits per heavy atom. The zero-order valence-electron chi connectivity index (χ0n) is 18.9. The molecule has 5 nitrogen and oxygen atoms in total. The zero-order chi connectivity index (χ0) is 20.6. The van der Waals surface area contributed by atoms with E-state index in [1.54, 1.807) is 0 Å². The van der Waals surface area contributed by atoms with Gasteiger partial charge in [0.25, 0.3) is 0 Å². The first-order valence-electron chi connectivity index (χ1n) is 10.4. The van der Waals surface area contributed by atoms with Crippen LogP contribution in [-0.4, -0.2) is 47.9 Å². The van der Waals surface area contributed by atoms with E-state index in [9.17, 15) is 5.11 Å². The SMILES string of the molecule is CC1(C)C[C@H](B2OC(C)(C)C(C)(C)O2)[C@H](B2OC(C)(C)C(C)(C)O2)C[C@@H]1O. The number of hydrogen-bond donors (Lipinski definition) is 1. The van der Waals surface area contributed by atoms with Crippen molar-refractivity contribution >= 4 is 14.2 Å². The summed E-state index contributed by atoms with van der Waals surface area (Å²) in [6, 6.07) is 0. The minimum absolute atomic E-state index is 0.0174. The first-order chi connectivity index (χ1) is 12.0. The van der Waals surface area contributed by atoms with Crippen LogP contribution >= 0.6 is 0 Å². The number of aliphatic hydroxyl groups is 1. The van der Waals surface area contributed by atoms with E-state index in [0.717, 1.165) is 6.42 Å². The van der Waals surface area contributed by atoms with Gasteiger partial charge in [0, 0.05) is 0 Å². The molecule has 1 saturated carbocycles. The Kier molecular flexibility index (Phi) is 4.98. The van der Waals surface area contributed by atoms with Crippen molar-refractivity contribution in [1.82, 2.24) is 0 Å². The molecule has 0 bridgehead atoms. The van der Waals surface area contributed by atoms with E-state index in [1.165, 1.54) is 0 Å². The van der Waals surface area contributed by atoms with Gasteiger partial charge in [0.15, 0.2) is 0 Å². The summed E-state index contributed by atoms with van der Waals surface area (Å²) in [7, 11) is -0.699. The summed E-state index contributed by atoms with van der Waals surface area (Å²) in [6.07, 6.45) is 1.03. The van der Waals surface area contributed by atoms with Crippen molar-refractivity contribution in [2.45, 2.75) is 122 Å². The summed E-state index contributed by atoms with van der Waals surface area (Å²) in [4.78, 5) is 0. The molecule has 3 fully saturated rings. The molecule has 0 spiro atoms. The van der Waals surface area contributed by atoms with Gasteiger partial charge in [0.1, 0.15) is 0 Å². The van der Waals surface area contributed by atoms with Gasteiger partial charge < -0.3 is 23.7 Å². The first kappa shape index (κ1) is 21.6. The lowest BCUT2D eigenvalue weighted by Crippen LogP contribution is -2.47. The van der Waals surface area contributed by atoms with Gasteiger partial charge in [-0.25, -0.2) is 0 Å². The molecular weight excluding hydrogens is 342 g/mol. The molecule has 3 atom stereocenters. The van der Waals surface area contributed by atoms with Crippen LogP contribution in [0.3, 0.4) is 0 Å². The normalized spacial score (nSPS) is 39.0. The van der Waals surface area contributed by atoms with Crippen LogP contribution in [0.4, 0.5) is 0 Å². The fraction of sp³-hybridized carbons (Fsp3) is 1.00. The van der Waals surface area contributed by atoms with Crippen molar-refractivity contribution in [2.24, 2.45) is 5.41 Å². The Morgan fingerprint density at radius 1 is 0.630 bits per heavy atom. The standard InChI is InChI=1S/C20H38B2O5/c1-16(2)12-14(22-26-19(7,8)20(9,10)27-22)13(11-15(16)23)21-24-17(3,4)18(5,6)25-21/h13-15,23H,11-12H2,1-10H3/t13-,14+,15+/m1/s1. The van der Waals surface area contributed by atoms with Crippen molar-refractivity contribution in [3.8, 4) is 0 Å². The van der Waals surface area contributed by atoms with Crippen molar-refractivity contribution < 1.29 is 23.7 Å². The molecule has 3 rings (SSSR count). The van der Waals surface area contributed by atoms with E-state index in [1.807, 2.05) is 0 Å². The van der Waals surface area contributed by atoms with Crippen molar-refractivity contribution in [3.63, 3.8) is 0 Å². The lowest BCUT2D eigenvalue weighted by Gasteiger charge is -2.45. The molecule has 0 unspecified atom stereocenters. The van der Waals surface area contributed by atoms with Gasteiger partial charge in [0.2, 0.25) is 0 Å². The molecule has 0 amide bonds. The molecule has 2 saturated heterocycles. The molecule has 7 heteroatoms. The maximum atomic E-state index is 10.8. The molecule has 0 aromatic carbocycles. The van der Waals surface area contributed by atoms with Crippen LogP contribution in [0, 0.1) is 5.41 Å². The summed E-state index contributed by atoms with van der Waals surface area (Å²) in [5.74, 6) is 0.114. The van der Waals surface area contributed by atoms with Crippen LogP contribution in [0.15, 0.2) is 0 Å². The van der Waals surface area contributed by atoms with Crippen LogP contribution in [0.2, 0.25) is 11.6 Å². The summed E-state index contributed by atoms with van der Waals surface area (Å²) in [5, 5.41) is 10.8. The molecule has 0 aromatic heterocycles. The Hall–Kier alpha value is -0.0701. The molecule has 0 aromatic rings. The average molecular weight is 380 g/mol. The van der Waals surface area contributed by atoms with E-state index < -0.39 is 17.3 Å². The Bertz CT molecular complexity index is 555. The molecule has 154 valence electrons. The monoisotopic (exact) mass is 380 g/mol. The molecule has 2 heterocycles. The number of rotatable bonds is 2. The van der Waals surface area contributed by atoms with Gasteiger partial charge in [-0.05, 0) is 85.3 Å². The van der Waals surface area contributed by atoms with Crippen LogP contribution in [0.1, 0.15) is 82.1 Å². The van der Waals surface area contributed by atoms with Crippen LogP contribution in [-0.2, 0) is 18.6 Å². The van der Waals surface area contributed by atoms with Crippen LogP contribution < -0.4 is 0 Å². The second-order valence-electron chi connectivity index (χ2n) is 11.5. The van der Waals surface area contributed by atoms with Gasteiger partial charge in [0.05, 0.1) is 28.5 Å². The molecule has 1 aliphatic carbocycles. The third-order valence-electron chi connectivity index (χ3n) is 7.95. The van der Waals surface area contributed by atoms with E-state index in [4.69, 9.17) is 18.6 Å². The highest BCUT2D eigenvalue weighted by Gasteiger charge is 2.63. The molecule has 27 heavy (non-hydrogen) atoms. The van der Waals surface area contributed by atoms with Crippen molar-refractivity contribution in [3.05, 3.63) is 0 Å². The quantitative estimate of drug-likeness (QED) is 0.732. The molecule has 0 radical (unpaired) electrons. The average Bonchev–Trinajstić information content (AvgIpc) is 2.81. The van der Waals surface area contributed by atoms with E-state index in [0.29, 0.717) is 6.42 Å². The highest BCUT2D eigenvalue weighted by atomic mass is 16.7. The Balaban J connectivity index is 1.89. The maximum Gasteiger partial charge on any atom is 0.461 e. The van der Waals surface area contributed by atoms with Gasteiger partial charge in [-0.3, -0.25) is 0 Å². The van der Waals surface area contributed by atoms with Gasteiger partial charge >= 0.3 is 14.2 Å². The maximum absolute atomic E-state index is 10.8. The largest absolute Gasteiger partial charge is 0.461 e. The smallest absolute Gasteiger partial charge is 0.403 e. The molecule has 3 aliphatic rings. The summed E-state index contributed by atoms with van der Waals surface area (Å²) >= 11 is 0. The fourth-order valence-corrected chi connectivity index (χ4v) is 4.38. The second kappa shape index (κ2) is 6.21. The van der Waals surface area contributed by atoms with E-state index in [-0.39, 0.29) is 42.5 Å². The van der Waals surface area contributed by atoms with Crippen molar-refractivity contribution in [1.29, 1.82) is 0 Å². The minimum atomic E-state index is -0.403. The van der Waals surface area contributed by atoms with E-state index >= 15 is 0 Å². The minimum Gasteiger partial charge on any atom is -0.403 e. The van der Waals surface area contributed by atoms with Gasteiger partial charge in [-0.15, -0.1) is 0 Å². The molecule has 2 aliphatic heterocycles. The topological polar surface area (TPSA) is 57.2 Å². The lowest BCUT2D eigenvalue weighted by atomic mass is 9.44. The van der Waals surface area contributed by atoms with Gasteiger partial charge in [-0.2, -0.15) is 0 Å². The molecular formula is C20H38B2O5. The fourth-order valence-electron chi connectivity index (χ4n) is 4.38. The predicted octanol–water partition coefficient (Wildman–Crippen LogP) is 4.09. The van der Waals surface area contributed by atoms with Gasteiger partial charge in [-0.1, -0.05) is 13.8 Å². The third-order valence-corrected chi connectivity index (χ3v) is 7.95. The van der Waals surface area contributed by atoms with Crippen molar-refractivity contribution in [2.75, 3.05) is 0 Å². The zero-order valence-corrected chi connectivity index (χ0v) is 18.9. The summed E-state index contributed by atoms with van der Waals surface area (Å²) in [5.41, 5.74) is -1.74. The predicted molar refractivity (Wildman–Crippen MR) is 109 cm³/mol. The Morgan fingerprint density at radius 2 is 0.963 bits per heavy atom. The van der Waals surface area contributed by atoms with E-state index in [2.05, 4.69) is 69.2 Å². The lowest BCUT2D eigenvalue weighted by molar-refractivity contribution is 0.00477. The third kappa shape index (κ3) is 3.52. The summed E-state index contributed by atoms with van der Waals surface area (Å²) < 4.78 is 25.6. The molecule has 1 N–H and O–H groups in total. The summed E-state index contributed by atoms with van der Waals surface area (Å²) in [6.45, 7) is 20.9. The number of hydrogen-bond acceptors (Lipinski definition) is 5. The van der Waals surface area contributed by atoms with Crippen LogP contribution in [0.25, 0.3) is 0 Å². The van der Waals surface area contributed by atoms with Crippen LogP contribution in [0.5, 0.6) is 0 Å².